The van der Waals surface area contributed by atoms with E-state index in [1.807, 2.05) is 12.1 Å². The third-order valence-corrected chi connectivity index (χ3v) is 5.60. The molecule has 1 aromatic rings. The molecule has 146 valence electrons. The molecule has 0 N–H and O–H groups in total. The molecular formula is C22H37N3O. The number of hydrogen-bond donors (Lipinski definition) is 0. The second-order valence-electron chi connectivity index (χ2n) is 9.02. The van der Waals surface area contributed by atoms with Gasteiger partial charge in [0.2, 0.25) is 0 Å². The minimum Gasteiger partial charge on any atom is -0.331 e. The minimum atomic E-state index is -0.164. The molecule has 1 amide bonds. The zero-order valence-corrected chi connectivity index (χ0v) is 17.8. The summed E-state index contributed by atoms with van der Waals surface area (Å²) < 4.78 is 0. The van der Waals surface area contributed by atoms with Crippen molar-refractivity contribution in [2.24, 2.45) is 0 Å². The number of hydrogen-bond acceptors (Lipinski definition) is 3. The summed E-state index contributed by atoms with van der Waals surface area (Å²) in [6, 6.07) is 8.19. The first kappa shape index (κ1) is 20.9. The summed E-state index contributed by atoms with van der Waals surface area (Å²) in [5.74, 6) is 0.151. The SMILES string of the molecule is CCN(CC)Cc1ccc(C(=O)N2CCN(C(C)(C)C)CC2(C)C)cc1. The summed E-state index contributed by atoms with van der Waals surface area (Å²) in [7, 11) is 0. The first-order valence-electron chi connectivity index (χ1n) is 9.96. The van der Waals surface area contributed by atoms with Crippen molar-refractivity contribution in [1.82, 2.24) is 14.7 Å². The monoisotopic (exact) mass is 359 g/mol. The Hall–Kier alpha value is -1.39. The average Bonchev–Trinajstić information content (AvgIpc) is 2.58. The molecule has 0 bridgehead atoms. The van der Waals surface area contributed by atoms with Crippen molar-refractivity contribution < 1.29 is 4.79 Å². The van der Waals surface area contributed by atoms with E-state index in [2.05, 4.69) is 75.3 Å². The highest BCUT2D eigenvalue weighted by molar-refractivity contribution is 5.94. The fourth-order valence-corrected chi connectivity index (χ4v) is 3.72. The number of carbonyl (C=O) groups excluding carboxylic acids is 1. The summed E-state index contributed by atoms with van der Waals surface area (Å²) in [6.07, 6.45) is 0. The number of rotatable bonds is 5. The Morgan fingerprint density at radius 3 is 2.12 bits per heavy atom. The van der Waals surface area contributed by atoms with Gasteiger partial charge in [-0.05, 0) is 65.4 Å². The minimum absolute atomic E-state index is 0.137. The van der Waals surface area contributed by atoms with Crippen LogP contribution in [0.1, 0.15) is 64.4 Å². The van der Waals surface area contributed by atoms with Crippen molar-refractivity contribution in [3.63, 3.8) is 0 Å². The maximum absolute atomic E-state index is 13.1. The number of benzene rings is 1. The Balaban J connectivity index is 2.09. The lowest BCUT2D eigenvalue weighted by molar-refractivity contribution is -0.0110. The highest BCUT2D eigenvalue weighted by Crippen LogP contribution is 2.27. The fraction of sp³-hybridized carbons (Fsp3) is 0.682. The molecule has 0 atom stereocenters. The Morgan fingerprint density at radius 2 is 1.65 bits per heavy atom. The molecule has 4 nitrogen and oxygen atoms in total. The van der Waals surface area contributed by atoms with E-state index in [0.717, 1.165) is 44.8 Å². The quantitative estimate of drug-likeness (QED) is 0.799. The van der Waals surface area contributed by atoms with Gasteiger partial charge in [0.1, 0.15) is 0 Å². The summed E-state index contributed by atoms with van der Waals surface area (Å²) in [6.45, 7) is 21.1. The highest BCUT2D eigenvalue weighted by Gasteiger charge is 2.39. The van der Waals surface area contributed by atoms with Crippen LogP contribution in [-0.2, 0) is 6.54 Å². The zero-order valence-electron chi connectivity index (χ0n) is 17.8. The molecular weight excluding hydrogens is 322 g/mol. The van der Waals surface area contributed by atoms with E-state index < -0.39 is 0 Å². The molecule has 2 rings (SSSR count). The molecule has 4 heteroatoms. The molecule has 0 spiro atoms. The number of nitrogens with zero attached hydrogens (tertiary/aromatic N) is 3. The number of amides is 1. The lowest BCUT2D eigenvalue weighted by atomic mass is 9.93. The van der Waals surface area contributed by atoms with Gasteiger partial charge in [-0.3, -0.25) is 14.6 Å². The smallest absolute Gasteiger partial charge is 0.254 e. The van der Waals surface area contributed by atoms with Crippen LogP contribution in [0, 0.1) is 0 Å². The molecule has 0 unspecified atom stereocenters. The first-order valence-corrected chi connectivity index (χ1v) is 9.96. The van der Waals surface area contributed by atoms with Gasteiger partial charge in [0, 0.05) is 37.3 Å². The van der Waals surface area contributed by atoms with Crippen LogP contribution < -0.4 is 0 Å². The van der Waals surface area contributed by atoms with Gasteiger partial charge in [-0.25, -0.2) is 0 Å². The maximum atomic E-state index is 13.1. The number of piperazine rings is 1. The standard InChI is InChI=1S/C22H37N3O/c1-8-23(9-2)16-18-10-12-19(13-11-18)20(26)25-15-14-24(21(3,4)5)17-22(25,6)7/h10-13H,8-9,14-17H2,1-7H3. The fourth-order valence-electron chi connectivity index (χ4n) is 3.72. The van der Waals surface area contributed by atoms with Crippen molar-refractivity contribution >= 4 is 5.91 Å². The molecule has 0 saturated carbocycles. The second kappa shape index (κ2) is 8.10. The summed E-state index contributed by atoms with van der Waals surface area (Å²) in [5.41, 5.74) is 2.04. The van der Waals surface area contributed by atoms with Crippen LogP contribution in [0.2, 0.25) is 0 Å². The van der Waals surface area contributed by atoms with E-state index in [4.69, 9.17) is 0 Å². The van der Waals surface area contributed by atoms with Crippen molar-refractivity contribution in [2.45, 2.75) is 66.1 Å². The Kier molecular flexibility index (Phi) is 6.51. The van der Waals surface area contributed by atoms with Crippen LogP contribution in [0.5, 0.6) is 0 Å². The van der Waals surface area contributed by atoms with Crippen LogP contribution in [0.4, 0.5) is 0 Å². The van der Waals surface area contributed by atoms with E-state index >= 15 is 0 Å². The van der Waals surface area contributed by atoms with E-state index in [9.17, 15) is 4.79 Å². The zero-order chi connectivity index (χ0) is 19.5. The Bertz CT molecular complexity index is 597. The Morgan fingerprint density at radius 1 is 1.08 bits per heavy atom. The van der Waals surface area contributed by atoms with Crippen LogP contribution in [0.15, 0.2) is 24.3 Å². The molecule has 0 aliphatic carbocycles. The average molecular weight is 360 g/mol. The molecule has 1 aromatic carbocycles. The predicted molar refractivity (Wildman–Crippen MR) is 110 cm³/mol. The largest absolute Gasteiger partial charge is 0.331 e. The van der Waals surface area contributed by atoms with E-state index in [1.165, 1.54) is 5.56 Å². The topological polar surface area (TPSA) is 26.8 Å². The summed E-state index contributed by atoms with van der Waals surface area (Å²) in [4.78, 5) is 20.0. The first-order chi connectivity index (χ1) is 12.1. The maximum Gasteiger partial charge on any atom is 0.254 e. The van der Waals surface area contributed by atoms with Gasteiger partial charge in [0.15, 0.2) is 0 Å². The van der Waals surface area contributed by atoms with Crippen molar-refractivity contribution in [3.05, 3.63) is 35.4 Å². The van der Waals surface area contributed by atoms with Gasteiger partial charge in [-0.1, -0.05) is 26.0 Å². The van der Waals surface area contributed by atoms with Gasteiger partial charge in [-0.15, -0.1) is 0 Å². The van der Waals surface area contributed by atoms with Crippen LogP contribution in [0.3, 0.4) is 0 Å². The number of carbonyl (C=O) groups is 1. The van der Waals surface area contributed by atoms with Crippen molar-refractivity contribution in [1.29, 1.82) is 0 Å². The second-order valence-corrected chi connectivity index (χ2v) is 9.02. The molecule has 1 aliphatic heterocycles. The molecule has 0 aromatic heterocycles. The van der Waals surface area contributed by atoms with E-state index in [0.29, 0.717) is 0 Å². The molecule has 26 heavy (non-hydrogen) atoms. The summed E-state index contributed by atoms with van der Waals surface area (Å²) >= 11 is 0. The molecule has 1 aliphatic rings. The predicted octanol–water partition coefficient (Wildman–Crippen LogP) is 3.86. The van der Waals surface area contributed by atoms with Crippen LogP contribution in [0.25, 0.3) is 0 Å². The molecule has 1 saturated heterocycles. The molecule has 0 radical (unpaired) electrons. The third kappa shape index (κ3) is 4.86. The Labute approximate surface area is 160 Å². The van der Waals surface area contributed by atoms with Crippen LogP contribution in [-0.4, -0.2) is 64.4 Å². The molecule has 1 fully saturated rings. The highest BCUT2D eigenvalue weighted by atomic mass is 16.2. The van der Waals surface area contributed by atoms with Gasteiger partial charge < -0.3 is 4.90 Å². The van der Waals surface area contributed by atoms with Gasteiger partial charge in [0.25, 0.3) is 5.91 Å². The third-order valence-electron chi connectivity index (χ3n) is 5.60. The van der Waals surface area contributed by atoms with Crippen LogP contribution >= 0.6 is 0 Å². The van der Waals surface area contributed by atoms with Crippen molar-refractivity contribution in [2.75, 3.05) is 32.7 Å². The van der Waals surface area contributed by atoms with E-state index in [-0.39, 0.29) is 17.0 Å². The van der Waals surface area contributed by atoms with Gasteiger partial charge in [-0.2, -0.15) is 0 Å². The molecule has 1 heterocycles. The lowest BCUT2D eigenvalue weighted by Gasteiger charge is -2.51. The van der Waals surface area contributed by atoms with Crippen molar-refractivity contribution in [3.8, 4) is 0 Å². The normalized spacial score (nSPS) is 18.4. The lowest BCUT2D eigenvalue weighted by Crippen LogP contribution is -2.64. The van der Waals surface area contributed by atoms with Gasteiger partial charge in [0.05, 0.1) is 5.54 Å². The summed E-state index contributed by atoms with van der Waals surface area (Å²) in [5, 5.41) is 0. The van der Waals surface area contributed by atoms with E-state index in [1.54, 1.807) is 0 Å². The van der Waals surface area contributed by atoms with Gasteiger partial charge >= 0.3 is 0 Å².